The molecule has 1 rings (SSSR count). The summed E-state index contributed by atoms with van der Waals surface area (Å²) in [6, 6.07) is 6.97. The average molecular weight is 230 g/mol. The zero-order chi connectivity index (χ0) is 11.3. The van der Waals surface area contributed by atoms with Gasteiger partial charge < -0.3 is 4.74 Å². The monoisotopic (exact) mass is 229 g/mol. The Kier molecular flexibility index (Phi) is 4.39. The Morgan fingerprint density at radius 2 is 2.13 bits per heavy atom. The summed E-state index contributed by atoms with van der Waals surface area (Å²) >= 11 is 5.84. The Hall–Kier alpha value is -1.26. The molecule has 0 atom stereocenters. The first-order valence-electron chi connectivity index (χ1n) is 4.33. The third kappa shape index (κ3) is 3.42. The Labute approximate surface area is 93.3 Å². The largest absolute Gasteiger partial charge is 0.482 e. The second-order valence-electron chi connectivity index (χ2n) is 2.79. The van der Waals surface area contributed by atoms with Crippen molar-refractivity contribution in [1.29, 1.82) is 0 Å². The van der Waals surface area contributed by atoms with Crippen LogP contribution in [0, 0.1) is 0 Å². The number of benzene rings is 1. The van der Waals surface area contributed by atoms with Crippen molar-refractivity contribution >= 4 is 17.5 Å². The molecule has 0 saturated heterocycles. The van der Waals surface area contributed by atoms with Crippen LogP contribution in [0.15, 0.2) is 24.3 Å². The molecule has 1 aromatic carbocycles. The molecule has 1 amide bonds. The van der Waals surface area contributed by atoms with Crippen LogP contribution in [0.3, 0.4) is 0 Å². The van der Waals surface area contributed by atoms with Gasteiger partial charge in [0.15, 0.2) is 6.61 Å². The van der Waals surface area contributed by atoms with Crippen molar-refractivity contribution in [2.24, 2.45) is 0 Å². The zero-order valence-corrected chi connectivity index (χ0v) is 9.32. The van der Waals surface area contributed by atoms with Gasteiger partial charge >= 0.3 is 0 Å². The summed E-state index contributed by atoms with van der Waals surface area (Å²) < 4.78 is 5.22. The molecule has 0 aliphatic carbocycles. The lowest BCUT2D eigenvalue weighted by Gasteiger charge is -2.14. The maximum absolute atomic E-state index is 11.3. The molecule has 0 radical (unpaired) electrons. The van der Waals surface area contributed by atoms with Gasteiger partial charge in [-0.15, -0.1) is 0 Å². The molecular formula is C10H12ClNO3. The van der Waals surface area contributed by atoms with Crippen LogP contribution in [0.25, 0.3) is 0 Å². The highest BCUT2D eigenvalue weighted by atomic mass is 35.5. The number of para-hydroxylation sites is 1. The predicted molar refractivity (Wildman–Crippen MR) is 56.7 cm³/mol. The van der Waals surface area contributed by atoms with E-state index in [9.17, 15) is 4.79 Å². The van der Waals surface area contributed by atoms with Gasteiger partial charge in [-0.1, -0.05) is 23.7 Å². The number of likely N-dealkylation sites (N-methyl/N-ethyl adjacent to an activating group) is 1. The molecule has 0 saturated carbocycles. The van der Waals surface area contributed by atoms with Crippen LogP contribution in [0.2, 0.25) is 5.02 Å². The number of hydroxylamine groups is 2. The van der Waals surface area contributed by atoms with Crippen molar-refractivity contribution in [3.05, 3.63) is 29.3 Å². The van der Waals surface area contributed by atoms with Crippen molar-refractivity contribution in [3.63, 3.8) is 0 Å². The van der Waals surface area contributed by atoms with Crippen molar-refractivity contribution in [2.75, 3.05) is 20.8 Å². The first-order chi connectivity index (χ1) is 7.15. The second kappa shape index (κ2) is 5.58. The van der Waals surface area contributed by atoms with Crippen molar-refractivity contribution < 1.29 is 14.4 Å². The second-order valence-corrected chi connectivity index (χ2v) is 3.20. The van der Waals surface area contributed by atoms with Crippen LogP contribution in [0.4, 0.5) is 0 Å². The minimum absolute atomic E-state index is 0.103. The van der Waals surface area contributed by atoms with Gasteiger partial charge in [-0.2, -0.15) is 0 Å². The normalized spacial score (nSPS) is 9.80. The molecule has 0 aliphatic heterocycles. The van der Waals surface area contributed by atoms with E-state index in [1.165, 1.54) is 14.2 Å². The number of halogens is 1. The fraction of sp³-hybridized carbons (Fsp3) is 0.300. The van der Waals surface area contributed by atoms with Crippen LogP contribution >= 0.6 is 11.6 Å². The summed E-state index contributed by atoms with van der Waals surface area (Å²) in [5, 5.41) is 1.57. The zero-order valence-electron chi connectivity index (χ0n) is 8.57. The highest BCUT2D eigenvalue weighted by molar-refractivity contribution is 6.32. The first kappa shape index (κ1) is 11.8. The molecule has 5 heteroatoms. The lowest BCUT2D eigenvalue weighted by atomic mass is 10.3. The van der Waals surface area contributed by atoms with Gasteiger partial charge in [0.25, 0.3) is 5.91 Å². The van der Waals surface area contributed by atoms with Crippen LogP contribution in [0.5, 0.6) is 5.75 Å². The quantitative estimate of drug-likeness (QED) is 0.739. The highest BCUT2D eigenvalue weighted by Gasteiger charge is 2.09. The molecule has 15 heavy (non-hydrogen) atoms. The fourth-order valence-corrected chi connectivity index (χ4v) is 1.08. The van der Waals surface area contributed by atoms with E-state index in [0.29, 0.717) is 10.8 Å². The lowest BCUT2D eigenvalue weighted by Crippen LogP contribution is -2.30. The van der Waals surface area contributed by atoms with E-state index in [1.54, 1.807) is 24.3 Å². The smallest absolute Gasteiger partial charge is 0.283 e. The Morgan fingerprint density at radius 3 is 2.73 bits per heavy atom. The van der Waals surface area contributed by atoms with Crippen LogP contribution in [0.1, 0.15) is 0 Å². The average Bonchev–Trinajstić information content (AvgIpc) is 2.26. The number of hydrogen-bond acceptors (Lipinski definition) is 3. The predicted octanol–water partition coefficient (Wildman–Crippen LogP) is 1.74. The number of hydrogen-bond donors (Lipinski definition) is 0. The summed E-state index contributed by atoms with van der Waals surface area (Å²) in [5.41, 5.74) is 0. The Bertz CT molecular complexity index is 343. The highest BCUT2D eigenvalue weighted by Crippen LogP contribution is 2.22. The summed E-state index contributed by atoms with van der Waals surface area (Å²) in [7, 11) is 2.92. The molecule has 82 valence electrons. The van der Waals surface area contributed by atoms with Crippen molar-refractivity contribution in [2.45, 2.75) is 0 Å². The Morgan fingerprint density at radius 1 is 1.47 bits per heavy atom. The third-order valence-corrected chi connectivity index (χ3v) is 2.13. The molecule has 0 spiro atoms. The van der Waals surface area contributed by atoms with E-state index in [4.69, 9.17) is 21.2 Å². The minimum atomic E-state index is -0.280. The molecular weight excluding hydrogens is 218 g/mol. The molecule has 0 aliphatic rings. The van der Waals surface area contributed by atoms with Crippen molar-refractivity contribution in [3.8, 4) is 5.75 Å². The molecule has 0 bridgehead atoms. The summed E-state index contributed by atoms with van der Waals surface area (Å²) in [5.74, 6) is 0.203. The van der Waals surface area contributed by atoms with Gasteiger partial charge in [0.2, 0.25) is 0 Å². The van der Waals surface area contributed by atoms with Crippen molar-refractivity contribution in [1.82, 2.24) is 5.06 Å². The van der Waals surface area contributed by atoms with E-state index in [1.807, 2.05) is 0 Å². The number of amides is 1. The van der Waals surface area contributed by atoms with Gasteiger partial charge in [-0.05, 0) is 12.1 Å². The molecule has 0 unspecified atom stereocenters. The molecule has 1 aromatic rings. The standard InChI is InChI=1S/C10H12ClNO3/c1-12(14-2)10(13)7-15-9-6-4-3-5-8(9)11/h3-6H,7H2,1-2H3. The number of ether oxygens (including phenoxy) is 1. The fourth-order valence-electron chi connectivity index (χ4n) is 0.894. The van der Waals surface area contributed by atoms with Gasteiger partial charge in [-0.25, -0.2) is 5.06 Å². The van der Waals surface area contributed by atoms with E-state index < -0.39 is 0 Å². The summed E-state index contributed by atoms with van der Waals surface area (Å²) in [4.78, 5) is 16.0. The van der Waals surface area contributed by atoms with E-state index in [2.05, 4.69) is 0 Å². The molecule has 4 nitrogen and oxygen atoms in total. The van der Waals surface area contributed by atoms with E-state index in [0.717, 1.165) is 5.06 Å². The summed E-state index contributed by atoms with van der Waals surface area (Å²) in [6.07, 6.45) is 0. The molecule has 0 N–H and O–H groups in total. The molecule has 0 fully saturated rings. The number of carbonyl (C=O) groups is 1. The maximum atomic E-state index is 11.3. The number of nitrogens with zero attached hydrogens (tertiary/aromatic N) is 1. The topological polar surface area (TPSA) is 38.8 Å². The van der Waals surface area contributed by atoms with Crippen LogP contribution in [-0.4, -0.2) is 31.7 Å². The number of rotatable bonds is 4. The van der Waals surface area contributed by atoms with Crippen LogP contribution < -0.4 is 4.74 Å². The molecule has 0 heterocycles. The van der Waals surface area contributed by atoms with Crippen LogP contribution in [-0.2, 0) is 9.63 Å². The minimum Gasteiger partial charge on any atom is -0.482 e. The maximum Gasteiger partial charge on any atom is 0.283 e. The number of carbonyl (C=O) groups excluding carboxylic acids is 1. The van der Waals surface area contributed by atoms with E-state index in [-0.39, 0.29) is 12.5 Å². The molecule has 0 aromatic heterocycles. The third-order valence-electron chi connectivity index (χ3n) is 1.81. The summed E-state index contributed by atoms with van der Waals surface area (Å²) in [6.45, 7) is -0.103. The first-order valence-corrected chi connectivity index (χ1v) is 4.71. The SMILES string of the molecule is CON(C)C(=O)COc1ccccc1Cl. The van der Waals surface area contributed by atoms with Gasteiger partial charge in [0.05, 0.1) is 12.1 Å². The van der Waals surface area contributed by atoms with Gasteiger partial charge in [0, 0.05) is 7.05 Å². The lowest BCUT2D eigenvalue weighted by molar-refractivity contribution is -0.170. The van der Waals surface area contributed by atoms with Gasteiger partial charge in [-0.3, -0.25) is 9.63 Å². The Balaban J connectivity index is 2.51. The van der Waals surface area contributed by atoms with Gasteiger partial charge in [0.1, 0.15) is 5.75 Å². The van der Waals surface area contributed by atoms with E-state index >= 15 is 0 Å².